The number of primary amides is 1. The van der Waals surface area contributed by atoms with E-state index in [0.717, 1.165) is 12.8 Å². The molecule has 108 valence electrons. The Bertz CT molecular complexity index is 453. The largest absolute Gasteiger partial charge is 0.484 e. The summed E-state index contributed by atoms with van der Waals surface area (Å²) in [5.74, 6) is 0.740. The Hall–Kier alpha value is -2.04. The van der Waals surface area contributed by atoms with Crippen molar-refractivity contribution in [2.45, 2.75) is 19.3 Å². The Morgan fingerprint density at radius 3 is 2.45 bits per heavy atom. The summed E-state index contributed by atoms with van der Waals surface area (Å²) in [7, 11) is 0. The zero-order valence-corrected chi connectivity index (χ0v) is 11.5. The van der Waals surface area contributed by atoms with Crippen LogP contribution in [0.5, 0.6) is 5.75 Å². The quantitative estimate of drug-likeness (QED) is 0.877. The van der Waals surface area contributed by atoms with E-state index in [4.69, 9.17) is 10.5 Å². The van der Waals surface area contributed by atoms with Gasteiger partial charge in [-0.3, -0.25) is 9.59 Å². The maximum Gasteiger partial charge on any atom is 0.260 e. The molecule has 20 heavy (non-hydrogen) atoms. The number of likely N-dealkylation sites (tertiary alicyclic amines) is 1. The first kappa shape index (κ1) is 14.4. The highest BCUT2D eigenvalue weighted by atomic mass is 16.5. The fraction of sp³-hybridized carbons (Fsp3) is 0.467. The molecule has 1 fully saturated rings. The van der Waals surface area contributed by atoms with Crippen molar-refractivity contribution in [3.05, 3.63) is 30.3 Å². The van der Waals surface area contributed by atoms with Gasteiger partial charge < -0.3 is 15.4 Å². The van der Waals surface area contributed by atoms with Gasteiger partial charge in [-0.15, -0.1) is 0 Å². The summed E-state index contributed by atoms with van der Waals surface area (Å²) in [5, 5.41) is 0. The number of amides is 2. The van der Waals surface area contributed by atoms with E-state index >= 15 is 0 Å². The molecule has 0 aliphatic carbocycles. The van der Waals surface area contributed by atoms with E-state index < -0.39 is 0 Å². The third-order valence-corrected chi connectivity index (χ3v) is 3.56. The number of hydrogen-bond donors (Lipinski definition) is 1. The number of piperidine rings is 1. The fourth-order valence-corrected chi connectivity index (χ4v) is 2.42. The van der Waals surface area contributed by atoms with Crippen molar-refractivity contribution in [1.82, 2.24) is 4.90 Å². The Morgan fingerprint density at radius 2 is 1.85 bits per heavy atom. The van der Waals surface area contributed by atoms with Crippen LogP contribution in [-0.4, -0.2) is 36.4 Å². The predicted molar refractivity (Wildman–Crippen MR) is 75.1 cm³/mol. The lowest BCUT2D eigenvalue weighted by molar-refractivity contribution is -0.134. The summed E-state index contributed by atoms with van der Waals surface area (Å²) >= 11 is 0. The van der Waals surface area contributed by atoms with E-state index in [2.05, 4.69) is 0 Å². The highest BCUT2D eigenvalue weighted by Gasteiger charge is 2.23. The van der Waals surface area contributed by atoms with Gasteiger partial charge in [-0.25, -0.2) is 0 Å². The van der Waals surface area contributed by atoms with Gasteiger partial charge in [-0.2, -0.15) is 0 Å². The van der Waals surface area contributed by atoms with Crippen LogP contribution in [0.1, 0.15) is 19.3 Å². The SMILES string of the molecule is NC(=O)CC1CCN(C(=O)COc2ccccc2)CC1. The molecule has 2 amide bonds. The second-order valence-electron chi connectivity index (χ2n) is 5.10. The molecule has 1 heterocycles. The normalized spacial score (nSPS) is 15.9. The molecule has 1 aromatic rings. The lowest BCUT2D eigenvalue weighted by Crippen LogP contribution is -2.41. The molecule has 0 bridgehead atoms. The number of rotatable bonds is 5. The molecule has 2 N–H and O–H groups in total. The Labute approximate surface area is 118 Å². The summed E-state index contributed by atoms with van der Waals surface area (Å²) in [6, 6.07) is 9.29. The number of ether oxygens (including phenoxy) is 1. The summed E-state index contributed by atoms with van der Waals surface area (Å²) < 4.78 is 5.45. The molecule has 0 unspecified atom stereocenters. The fourth-order valence-electron chi connectivity index (χ4n) is 2.42. The molecule has 1 aliphatic rings. The van der Waals surface area contributed by atoms with Crippen LogP contribution in [0.25, 0.3) is 0 Å². The summed E-state index contributed by atoms with van der Waals surface area (Å²) in [6.07, 6.45) is 2.09. The number of hydrogen-bond acceptors (Lipinski definition) is 3. The van der Waals surface area contributed by atoms with Crippen LogP contribution < -0.4 is 10.5 Å². The zero-order chi connectivity index (χ0) is 14.4. The van der Waals surface area contributed by atoms with Crippen molar-refractivity contribution < 1.29 is 14.3 Å². The first-order chi connectivity index (χ1) is 9.65. The molecule has 0 radical (unpaired) electrons. The average Bonchev–Trinajstić information content (AvgIpc) is 2.46. The highest BCUT2D eigenvalue weighted by Crippen LogP contribution is 2.20. The van der Waals surface area contributed by atoms with Crippen LogP contribution in [0, 0.1) is 5.92 Å². The minimum Gasteiger partial charge on any atom is -0.484 e. The van der Waals surface area contributed by atoms with Crippen LogP contribution in [-0.2, 0) is 9.59 Å². The number of carbonyl (C=O) groups is 2. The third kappa shape index (κ3) is 4.26. The number of nitrogens with zero attached hydrogens (tertiary/aromatic N) is 1. The van der Waals surface area contributed by atoms with Crippen molar-refractivity contribution in [1.29, 1.82) is 0 Å². The Morgan fingerprint density at radius 1 is 1.20 bits per heavy atom. The van der Waals surface area contributed by atoms with Crippen molar-refractivity contribution in [2.75, 3.05) is 19.7 Å². The second-order valence-corrected chi connectivity index (χ2v) is 5.10. The average molecular weight is 276 g/mol. The van der Waals surface area contributed by atoms with Gasteiger partial charge in [0.1, 0.15) is 5.75 Å². The molecule has 5 heteroatoms. The lowest BCUT2D eigenvalue weighted by atomic mass is 9.93. The number of benzene rings is 1. The van der Waals surface area contributed by atoms with E-state index in [1.54, 1.807) is 4.90 Å². The molecule has 5 nitrogen and oxygen atoms in total. The maximum absolute atomic E-state index is 12.0. The summed E-state index contributed by atoms with van der Waals surface area (Å²) in [4.78, 5) is 24.7. The van der Waals surface area contributed by atoms with Crippen molar-refractivity contribution in [2.24, 2.45) is 11.7 Å². The number of para-hydroxylation sites is 1. The van der Waals surface area contributed by atoms with Gasteiger partial charge in [0, 0.05) is 19.5 Å². The molecule has 0 atom stereocenters. The minimum atomic E-state index is -0.262. The zero-order valence-electron chi connectivity index (χ0n) is 11.5. The van der Waals surface area contributed by atoms with Crippen molar-refractivity contribution >= 4 is 11.8 Å². The molecular formula is C15H20N2O3. The highest BCUT2D eigenvalue weighted by molar-refractivity contribution is 5.78. The maximum atomic E-state index is 12.0. The molecular weight excluding hydrogens is 256 g/mol. The van der Waals surface area contributed by atoms with Gasteiger partial charge in [-0.05, 0) is 30.9 Å². The van der Waals surface area contributed by atoms with Gasteiger partial charge in [-0.1, -0.05) is 18.2 Å². The molecule has 1 aromatic carbocycles. The van der Waals surface area contributed by atoms with Crippen molar-refractivity contribution in [3.8, 4) is 5.75 Å². The second kappa shape index (κ2) is 6.93. The lowest BCUT2D eigenvalue weighted by Gasteiger charge is -2.31. The predicted octanol–water partition coefficient (Wildman–Crippen LogP) is 1.18. The third-order valence-electron chi connectivity index (χ3n) is 3.56. The molecule has 1 saturated heterocycles. The van der Waals surface area contributed by atoms with E-state index in [1.165, 1.54) is 0 Å². The topological polar surface area (TPSA) is 72.6 Å². The van der Waals surface area contributed by atoms with Gasteiger partial charge in [0.05, 0.1) is 0 Å². The van der Waals surface area contributed by atoms with Gasteiger partial charge in [0.2, 0.25) is 5.91 Å². The summed E-state index contributed by atoms with van der Waals surface area (Å²) in [5.41, 5.74) is 5.19. The van der Waals surface area contributed by atoms with Crippen LogP contribution in [0.15, 0.2) is 30.3 Å². The number of nitrogens with two attached hydrogens (primary N) is 1. The van der Waals surface area contributed by atoms with Crippen LogP contribution in [0.4, 0.5) is 0 Å². The molecule has 1 aliphatic heterocycles. The van der Waals surface area contributed by atoms with Crippen LogP contribution in [0.2, 0.25) is 0 Å². The van der Waals surface area contributed by atoms with Gasteiger partial charge in [0.15, 0.2) is 6.61 Å². The van der Waals surface area contributed by atoms with E-state index in [1.807, 2.05) is 30.3 Å². The minimum absolute atomic E-state index is 0.00798. The van der Waals surface area contributed by atoms with E-state index in [9.17, 15) is 9.59 Å². The first-order valence-electron chi connectivity index (χ1n) is 6.89. The molecule has 2 rings (SSSR count). The molecule has 0 spiro atoms. The van der Waals surface area contributed by atoms with Crippen molar-refractivity contribution in [3.63, 3.8) is 0 Å². The van der Waals surface area contributed by atoms with Gasteiger partial charge >= 0.3 is 0 Å². The monoisotopic (exact) mass is 276 g/mol. The van der Waals surface area contributed by atoms with Crippen LogP contribution in [0.3, 0.4) is 0 Å². The number of carbonyl (C=O) groups excluding carboxylic acids is 2. The standard InChI is InChI=1S/C15H20N2O3/c16-14(18)10-12-6-8-17(9-7-12)15(19)11-20-13-4-2-1-3-5-13/h1-5,12H,6-11H2,(H2,16,18). The molecule has 0 aromatic heterocycles. The molecule has 0 saturated carbocycles. The van der Waals surface area contributed by atoms with Gasteiger partial charge in [0.25, 0.3) is 5.91 Å². The van der Waals surface area contributed by atoms with Crippen LogP contribution >= 0.6 is 0 Å². The summed E-state index contributed by atoms with van der Waals surface area (Å²) in [6.45, 7) is 1.41. The Kier molecular flexibility index (Phi) is 4.98. The van der Waals surface area contributed by atoms with E-state index in [-0.39, 0.29) is 18.4 Å². The first-order valence-corrected chi connectivity index (χ1v) is 6.89. The van der Waals surface area contributed by atoms with E-state index in [0.29, 0.717) is 31.2 Å². The Balaban J connectivity index is 1.73. The smallest absolute Gasteiger partial charge is 0.260 e.